The Morgan fingerprint density at radius 2 is 1.55 bits per heavy atom. The molecule has 0 atom stereocenters. The van der Waals surface area contributed by atoms with Crippen molar-refractivity contribution in [2.75, 3.05) is 0 Å². The molecule has 0 fully saturated rings. The summed E-state index contributed by atoms with van der Waals surface area (Å²) in [6.45, 7) is 0.396. The first kappa shape index (κ1) is 22.2. The zero-order valence-corrected chi connectivity index (χ0v) is 20.2. The lowest BCUT2D eigenvalue weighted by Gasteiger charge is -2.12. The molecule has 0 aliphatic heterocycles. The van der Waals surface area contributed by atoms with Crippen molar-refractivity contribution in [3.63, 3.8) is 0 Å². The smallest absolute Gasteiger partial charge is 0.148 e. The minimum Gasteiger partial charge on any atom is -0.487 e. The number of hydrogen-bond acceptors (Lipinski definition) is 2. The van der Waals surface area contributed by atoms with Crippen LogP contribution in [0.5, 0.6) is 5.75 Å². The van der Waals surface area contributed by atoms with Crippen molar-refractivity contribution >= 4 is 78.3 Å². The van der Waals surface area contributed by atoms with Crippen molar-refractivity contribution in [3.05, 3.63) is 95.3 Å². The maximum atomic E-state index is 9.59. The van der Waals surface area contributed by atoms with Crippen LogP contribution in [-0.2, 0) is 6.61 Å². The maximum Gasteiger partial charge on any atom is 0.148 e. The molecule has 0 saturated heterocycles. The Morgan fingerprint density at radius 1 is 0.931 bits per heavy atom. The number of nitrogens with zero attached hydrogens (tertiary/aromatic N) is 1. The Morgan fingerprint density at radius 3 is 2.14 bits per heavy atom. The third-order valence-corrected chi connectivity index (χ3v) is 5.95. The van der Waals surface area contributed by atoms with Gasteiger partial charge < -0.3 is 4.74 Å². The minimum absolute atomic E-state index is 0.396. The molecule has 0 unspecified atom stereocenters. The zero-order chi connectivity index (χ0) is 21.0. The van der Waals surface area contributed by atoms with Gasteiger partial charge >= 0.3 is 0 Å². The molecule has 7 heteroatoms. The Bertz CT molecular complexity index is 1100. The molecule has 29 heavy (non-hydrogen) atoms. The van der Waals surface area contributed by atoms with Crippen LogP contribution in [0.4, 0.5) is 0 Å². The molecule has 0 amide bonds. The molecule has 0 aliphatic carbocycles. The van der Waals surface area contributed by atoms with Gasteiger partial charge in [0.25, 0.3) is 0 Å². The largest absolute Gasteiger partial charge is 0.487 e. The minimum atomic E-state index is 0.396. The van der Waals surface area contributed by atoms with Gasteiger partial charge in [-0.2, -0.15) is 5.26 Å². The zero-order valence-electron chi connectivity index (χ0n) is 14.7. The van der Waals surface area contributed by atoms with Crippen molar-refractivity contribution < 1.29 is 4.74 Å². The van der Waals surface area contributed by atoms with Gasteiger partial charge in [0.2, 0.25) is 0 Å². The second-order valence-corrected chi connectivity index (χ2v) is 9.01. The van der Waals surface area contributed by atoms with Crippen LogP contribution in [0, 0.1) is 11.3 Å². The number of nitriles is 1. The van der Waals surface area contributed by atoms with Crippen molar-refractivity contribution in [3.8, 4) is 11.8 Å². The molecule has 3 aromatic rings. The van der Waals surface area contributed by atoms with Crippen LogP contribution in [-0.4, -0.2) is 0 Å². The van der Waals surface area contributed by atoms with E-state index in [1.807, 2.05) is 36.4 Å². The van der Waals surface area contributed by atoms with Crippen LogP contribution >= 0.6 is 66.7 Å². The molecule has 0 heterocycles. The number of benzene rings is 3. The van der Waals surface area contributed by atoms with Crippen LogP contribution in [0.1, 0.15) is 16.7 Å². The number of ether oxygens (including phenoxy) is 1. The molecule has 0 saturated carbocycles. The number of rotatable bonds is 5. The predicted octanol–water partition coefficient (Wildman–Crippen LogP) is 8.81. The first-order valence-corrected chi connectivity index (χ1v) is 11.0. The van der Waals surface area contributed by atoms with Crippen LogP contribution < -0.4 is 4.74 Å². The van der Waals surface area contributed by atoms with E-state index < -0.39 is 0 Å². The summed E-state index contributed by atoms with van der Waals surface area (Å²) in [6.07, 6.45) is 1.76. The molecule has 3 aromatic carbocycles. The number of hydrogen-bond donors (Lipinski definition) is 0. The molecule has 3 rings (SSSR count). The van der Waals surface area contributed by atoms with Crippen LogP contribution in [0.25, 0.3) is 11.6 Å². The SMILES string of the molecule is N#C/C(=C\c1cc(Br)c(OCc2ccc(Cl)cc2)c(Br)c1)c1ccc(Cl)cc1Cl. The molecule has 2 nitrogen and oxygen atoms in total. The highest BCUT2D eigenvalue weighted by Gasteiger charge is 2.11. The van der Waals surface area contributed by atoms with E-state index in [-0.39, 0.29) is 0 Å². The third-order valence-electron chi connectivity index (χ3n) is 3.97. The second kappa shape index (κ2) is 10.0. The van der Waals surface area contributed by atoms with Crippen LogP contribution in [0.3, 0.4) is 0 Å². The quantitative estimate of drug-likeness (QED) is 0.226. The summed E-state index contributed by atoms with van der Waals surface area (Å²) in [5, 5.41) is 11.2. The van der Waals surface area contributed by atoms with Crippen molar-refractivity contribution in [1.82, 2.24) is 0 Å². The van der Waals surface area contributed by atoms with Crippen molar-refractivity contribution in [1.29, 1.82) is 5.26 Å². The predicted molar refractivity (Wildman–Crippen MR) is 128 cm³/mol. The molecular weight excluding hydrogens is 560 g/mol. The van der Waals surface area contributed by atoms with Gasteiger partial charge in [-0.1, -0.05) is 53.0 Å². The molecule has 0 bridgehead atoms. The van der Waals surface area contributed by atoms with Gasteiger partial charge in [-0.15, -0.1) is 0 Å². The molecule has 0 N–H and O–H groups in total. The Hall–Kier alpha value is -1.48. The van der Waals surface area contributed by atoms with Crippen LogP contribution in [0.2, 0.25) is 15.1 Å². The van der Waals surface area contributed by atoms with Crippen molar-refractivity contribution in [2.45, 2.75) is 6.61 Å². The Kier molecular flexibility index (Phi) is 7.67. The fraction of sp³-hybridized carbons (Fsp3) is 0.0455. The highest BCUT2D eigenvalue weighted by molar-refractivity contribution is 9.11. The third kappa shape index (κ3) is 5.78. The summed E-state index contributed by atoms with van der Waals surface area (Å²) < 4.78 is 7.45. The van der Waals surface area contributed by atoms with E-state index in [2.05, 4.69) is 37.9 Å². The Labute approximate surface area is 200 Å². The van der Waals surface area contributed by atoms with Gasteiger partial charge in [-0.3, -0.25) is 0 Å². The number of allylic oxidation sites excluding steroid dienone is 1. The lowest BCUT2D eigenvalue weighted by atomic mass is 10.0. The average molecular weight is 573 g/mol. The topological polar surface area (TPSA) is 33.0 Å². The van der Waals surface area contributed by atoms with E-state index in [0.29, 0.717) is 38.6 Å². The Balaban J connectivity index is 1.86. The first-order valence-electron chi connectivity index (χ1n) is 8.31. The maximum absolute atomic E-state index is 9.59. The van der Waals surface area contributed by atoms with E-state index >= 15 is 0 Å². The second-order valence-electron chi connectivity index (χ2n) is 6.02. The van der Waals surface area contributed by atoms with Gasteiger partial charge in [0.05, 0.1) is 25.6 Å². The molecule has 0 aromatic heterocycles. The summed E-state index contributed by atoms with van der Waals surface area (Å²) in [5.41, 5.74) is 2.86. The van der Waals surface area contributed by atoms with E-state index in [1.54, 1.807) is 24.3 Å². The van der Waals surface area contributed by atoms with E-state index in [4.69, 9.17) is 39.5 Å². The normalized spacial score (nSPS) is 11.2. The van der Waals surface area contributed by atoms with Gasteiger partial charge in [-0.05, 0) is 85.5 Å². The van der Waals surface area contributed by atoms with Crippen LogP contribution in [0.15, 0.2) is 63.5 Å². The molecule has 0 aliphatic rings. The monoisotopic (exact) mass is 569 g/mol. The van der Waals surface area contributed by atoms with Gasteiger partial charge in [-0.25, -0.2) is 0 Å². The average Bonchev–Trinajstić information content (AvgIpc) is 2.67. The molecule has 0 spiro atoms. The molecule has 146 valence electrons. The summed E-state index contributed by atoms with van der Waals surface area (Å²) in [7, 11) is 0. The fourth-order valence-electron chi connectivity index (χ4n) is 2.58. The van der Waals surface area contributed by atoms with E-state index in [1.165, 1.54) is 0 Å². The number of halogens is 5. The van der Waals surface area contributed by atoms with Gasteiger partial charge in [0.15, 0.2) is 0 Å². The standard InChI is InChI=1S/C22H12Br2Cl3NO/c23-19-8-14(7-15(11-28)18-6-5-17(26)10-21(18)27)9-20(24)22(19)29-12-13-1-3-16(25)4-2-13/h1-10H,12H2/b15-7+. The summed E-state index contributed by atoms with van der Waals surface area (Å²) >= 11 is 25.2. The fourth-order valence-corrected chi connectivity index (χ4v) is 4.67. The van der Waals surface area contributed by atoms with E-state index in [9.17, 15) is 5.26 Å². The van der Waals surface area contributed by atoms with E-state index in [0.717, 1.165) is 20.1 Å². The summed E-state index contributed by atoms with van der Waals surface area (Å²) in [6, 6.07) is 18.5. The molecule has 0 radical (unpaired) electrons. The summed E-state index contributed by atoms with van der Waals surface area (Å²) in [4.78, 5) is 0. The highest BCUT2D eigenvalue weighted by Crippen LogP contribution is 2.37. The van der Waals surface area contributed by atoms with Crippen molar-refractivity contribution in [2.24, 2.45) is 0 Å². The lowest BCUT2D eigenvalue weighted by molar-refractivity contribution is 0.302. The summed E-state index contributed by atoms with van der Waals surface area (Å²) in [5.74, 6) is 0.667. The first-order chi connectivity index (χ1) is 13.9. The molecular formula is C22H12Br2Cl3NO. The van der Waals surface area contributed by atoms with Gasteiger partial charge in [0.1, 0.15) is 12.4 Å². The lowest BCUT2D eigenvalue weighted by Crippen LogP contribution is -1.97. The highest BCUT2D eigenvalue weighted by atomic mass is 79.9. The van der Waals surface area contributed by atoms with Gasteiger partial charge in [0, 0.05) is 15.6 Å².